The summed E-state index contributed by atoms with van der Waals surface area (Å²) in [4.78, 5) is 57.2. The van der Waals surface area contributed by atoms with Crippen molar-refractivity contribution in [3.8, 4) is 11.5 Å². The zero-order valence-electron chi connectivity index (χ0n) is 24.3. The fourth-order valence-corrected chi connectivity index (χ4v) is 4.28. The van der Waals surface area contributed by atoms with Gasteiger partial charge in [-0.3, -0.25) is 9.69 Å². The normalized spacial score (nSPS) is 16.1. The van der Waals surface area contributed by atoms with Crippen LogP contribution in [0.3, 0.4) is 0 Å². The summed E-state index contributed by atoms with van der Waals surface area (Å²) >= 11 is 6.05. The SMILES string of the molecule is Cc1cccc(C(=O)NCC2CCN(CC3COc4ccc(Cl)cc4O3)CC2)n1.O=C(O)C=CC(=O)O.O=C(O)C=CC(=O)O. The maximum absolute atomic E-state index is 12.3. The van der Waals surface area contributed by atoms with Gasteiger partial charge >= 0.3 is 23.9 Å². The molecule has 1 amide bonds. The fraction of sp³-hybridized carbons (Fsp3) is 0.333. The van der Waals surface area contributed by atoms with Crippen molar-refractivity contribution >= 4 is 41.4 Å². The number of aromatic nitrogens is 1. The van der Waals surface area contributed by atoms with Crippen LogP contribution in [0.5, 0.6) is 11.5 Å². The molecule has 1 aromatic carbocycles. The minimum absolute atomic E-state index is 0.00427. The summed E-state index contributed by atoms with van der Waals surface area (Å²) in [6, 6.07) is 11.0. The van der Waals surface area contributed by atoms with E-state index in [0.29, 0.717) is 54.1 Å². The average Bonchev–Trinajstić information content (AvgIpc) is 2.99. The van der Waals surface area contributed by atoms with E-state index in [2.05, 4.69) is 15.2 Å². The van der Waals surface area contributed by atoms with E-state index in [9.17, 15) is 24.0 Å². The summed E-state index contributed by atoms with van der Waals surface area (Å²) in [7, 11) is 0. The van der Waals surface area contributed by atoms with Gasteiger partial charge < -0.3 is 35.2 Å². The van der Waals surface area contributed by atoms with Crippen LogP contribution < -0.4 is 14.8 Å². The number of amides is 1. The molecule has 15 heteroatoms. The molecular formula is C30H34ClN3O11. The number of carboxylic acid groups (broad SMARTS) is 4. The maximum atomic E-state index is 12.3. The standard InChI is InChI=1S/C22H26ClN3O3.2C4H4O4/c1-15-3-2-4-19(25-15)22(27)24-12-16-7-9-26(10-8-16)13-18-14-28-20-6-5-17(23)11-21(20)29-18;2*5-3(6)1-2-4(7)8/h2-6,11,16,18H,7-10,12-14H2,1H3,(H,24,27);2*1-2H,(H,5,6)(H,7,8). The predicted molar refractivity (Wildman–Crippen MR) is 161 cm³/mol. The Kier molecular flexibility index (Phi) is 15.0. The summed E-state index contributed by atoms with van der Waals surface area (Å²) in [6.07, 6.45) is 4.34. The Labute approximate surface area is 263 Å². The van der Waals surface area contributed by atoms with Gasteiger partial charge in [0.15, 0.2) is 11.5 Å². The Balaban J connectivity index is 0.000000365. The first-order chi connectivity index (χ1) is 21.3. The smallest absolute Gasteiger partial charge is 0.328 e. The minimum atomic E-state index is -1.26. The molecule has 1 saturated heterocycles. The Morgan fingerprint density at radius 3 is 2.02 bits per heavy atom. The Hall–Kier alpha value is -4.95. The highest BCUT2D eigenvalue weighted by atomic mass is 35.5. The van der Waals surface area contributed by atoms with Crippen molar-refractivity contribution in [3.63, 3.8) is 0 Å². The van der Waals surface area contributed by atoms with Crippen molar-refractivity contribution in [2.24, 2.45) is 5.92 Å². The number of carbonyl (C=O) groups excluding carboxylic acids is 1. The van der Waals surface area contributed by atoms with E-state index in [1.54, 1.807) is 12.1 Å². The minimum Gasteiger partial charge on any atom is -0.486 e. The third kappa shape index (κ3) is 14.9. The molecule has 0 spiro atoms. The van der Waals surface area contributed by atoms with Gasteiger partial charge in [-0.1, -0.05) is 17.7 Å². The van der Waals surface area contributed by atoms with E-state index in [4.69, 9.17) is 41.5 Å². The van der Waals surface area contributed by atoms with Crippen molar-refractivity contribution in [2.75, 3.05) is 32.8 Å². The third-order valence-electron chi connectivity index (χ3n) is 6.20. The Morgan fingerprint density at radius 1 is 0.911 bits per heavy atom. The second kappa shape index (κ2) is 18.7. The molecule has 0 bridgehead atoms. The van der Waals surface area contributed by atoms with Crippen LogP contribution in [0.4, 0.5) is 0 Å². The Bertz CT molecular complexity index is 1340. The van der Waals surface area contributed by atoms with Crippen LogP contribution >= 0.6 is 11.6 Å². The molecule has 0 saturated carbocycles. The first-order valence-electron chi connectivity index (χ1n) is 13.6. The predicted octanol–water partition coefficient (Wildman–Crippen LogP) is 2.75. The van der Waals surface area contributed by atoms with E-state index >= 15 is 0 Å². The number of halogens is 1. The second-order valence-electron chi connectivity index (χ2n) is 9.78. The maximum Gasteiger partial charge on any atom is 0.328 e. The van der Waals surface area contributed by atoms with E-state index in [-0.39, 0.29) is 12.0 Å². The molecule has 0 radical (unpaired) electrons. The number of carbonyl (C=O) groups is 5. The number of aliphatic carboxylic acids is 4. The first-order valence-corrected chi connectivity index (χ1v) is 14.0. The number of hydrogen-bond donors (Lipinski definition) is 5. The van der Waals surface area contributed by atoms with Gasteiger partial charge in [-0.05, 0) is 63.0 Å². The number of nitrogens with one attached hydrogen (secondary N) is 1. The van der Waals surface area contributed by atoms with E-state index in [0.717, 1.165) is 49.7 Å². The van der Waals surface area contributed by atoms with Crippen molar-refractivity contribution in [2.45, 2.75) is 25.9 Å². The van der Waals surface area contributed by atoms with Crippen molar-refractivity contribution < 1.29 is 53.9 Å². The quantitative estimate of drug-likeness (QED) is 0.248. The molecule has 1 aromatic heterocycles. The van der Waals surface area contributed by atoms with Crippen LogP contribution in [0.15, 0.2) is 60.7 Å². The van der Waals surface area contributed by atoms with Gasteiger partial charge in [-0.2, -0.15) is 0 Å². The molecule has 45 heavy (non-hydrogen) atoms. The molecule has 3 heterocycles. The van der Waals surface area contributed by atoms with Crippen molar-refractivity contribution in [1.82, 2.24) is 15.2 Å². The van der Waals surface area contributed by atoms with Crippen LogP contribution in [0.2, 0.25) is 5.02 Å². The number of ether oxygens (including phenoxy) is 2. The average molecular weight is 648 g/mol. The molecular weight excluding hydrogens is 614 g/mol. The third-order valence-corrected chi connectivity index (χ3v) is 6.44. The highest BCUT2D eigenvalue weighted by Crippen LogP contribution is 2.34. The monoisotopic (exact) mass is 647 g/mol. The summed E-state index contributed by atoms with van der Waals surface area (Å²) in [6.45, 7) is 5.95. The molecule has 5 N–H and O–H groups in total. The highest BCUT2D eigenvalue weighted by molar-refractivity contribution is 6.30. The number of piperidine rings is 1. The van der Waals surface area contributed by atoms with Gasteiger partial charge in [-0.25, -0.2) is 24.2 Å². The summed E-state index contributed by atoms with van der Waals surface area (Å²) in [5.41, 5.74) is 1.34. The van der Waals surface area contributed by atoms with E-state index in [1.807, 2.05) is 31.2 Å². The number of likely N-dealkylation sites (tertiary alicyclic amines) is 1. The van der Waals surface area contributed by atoms with Crippen molar-refractivity contribution in [1.29, 1.82) is 0 Å². The van der Waals surface area contributed by atoms with E-state index in [1.165, 1.54) is 0 Å². The number of carboxylic acids is 4. The molecule has 1 atom stereocenters. The lowest BCUT2D eigenvalue weighted by molar-refractivity contribution is -0.134. The molecule has 1 fully saturated rings. The molecule has 4 rings (SSSR count). The van der Waals surface area contributed by atoms with Gasteiger partial charge in [0.05, 0.1) is 0 Å². The second-order valence-corrected chi connectivity index (χ2v) is 10.2. The summed E-state index contributed by atoms with van der Waals surface area (Å²) in [5.74, 6) is -3.16. The van der Waals surface area contributed by atoms with Gasteiger partial charge in [-0.15, -0.1) is 0 Å². The highest BCUT2D eigenvalue weighted by Gasteiger charge is 2.26. The van der Waals surface area contributed by atoms with Crippen molar-refractivity contribution in [3.05, 3.63) is 77.1 Å². The van der Waals surface area contributed by atoms with Crippen LogP contribution in [0, 0.1) is 12.8 Å². The number of rotatable bonds is 9. The van der Waals surface area contributed by atoms with Crippen LogP contribution in [-0.2, 0) is 19.2 Å². The topological polar surface area (TPSA) is 213 Å². The molecule has 14 nitrogen and oxygen atoms in total. The lowest BCUT2D eigenvalue weighted by atomic mass is 9.96. The number of aryl methyl sites for hydroxylation is 1. The van der Waals surface area contributed by atoms with E-state index < -0.39 is 23.9 Å². The van der Waals surface area contributed by atoms with Gasteiger partial charge in [0.2, 0.25) is 0 Å². The van der Waals surface area contributed by atoms with Gasteiger partial charge in [0.1, 0.15) is 18.4 Å². The van der Waals surface area contributed by atoms with Crippen LogP contribution in [0.25, 0.3) is 0 Å². The zero-order valence-corrected chi connectivity index (χ0v) is 25.1. The molecule has 0 aliphatic carbocycles. The lowest BCUT2D eigenvalue weighted by Crippen LogP contribution is -2.45. The molecule has 2 aromatic rings. The largest absolute Gasteiger partial charge is 0.486 e. The number of hydrogen-bond acceptors (Lipinski definition) is 9. The van der Waals surface area contributed by atoms with Crippen LogP contribution in [0.1, 0.15) is 29.0 Å². The summed E-state index contributed by atoms with van der Waals surface area (Å²) in [5, 5.41) is 34.9. The fourth-order valence-electron chi connectivity index (χ4n) is 4.12. The number of fused-ring (bicyclic) bond motifs is 1. The number of pyridine rings is 1. The van der Waals surface area contributed by atoms with Gasteiger partial charge in [0.25, 0.3) is 5.91 Å². The molecule has 242 valence electrons. The van der Waals surface area contributed by atoms with Gasteiger partial charge in [0, 0.05) is 54.2 Å². The lowest BCUT2D eigenvalue weighted by Gasteiger charge is -2.35. The number of benzene rings is 1. The summed E-state index contributed by atoms with van der Waals surface area (Å²) < 4.78 is 11.9. The Morgan fingerprint density at radius 2 is 1.49 bits per heavy atom. The zero-order chi connectivity index (χ0) is 33.4. The molecule has 1 unspecified atom stereocenters. The first kappa shape index (κ1) is 36.2. The molecule has 2 aliphatic rings. The number of nitrogens with zero attached hydrogens (tertiary/aromatic N) is 2. The van der Waals surface area contributed by atoms with Crippen LogP contribution in [-0.4, -0.2) is 99.0 Å². The molecule has 2 aliphatic heterocycles.